The molecule has 0 spiro atoms. The summed E-state index contributed by atoms with van der Waals surface area (Å²) >= 11 is 1.60. The number of hydrogen-bond acceptors (Lipinski definition) is 4. The standard InChI is InChI=1S/C12H14N2OS/c1-8-7-16-12(14-8)11(13)9-3-5-10(15-2)6-4-9/h3-7,11H,13H2,1-2H3/t11-/m0/s1. The first-order valence-electron chi connectivity index (χ1n) is 5.02. The van der Waals surface area contributed by atoms with Gasteiger partial charge in [-0.15, -0.1) is 11.3 Å². The molecule has 0 aliphatic heterocycles. The highest BCUT2D eigenvalue weighted by atomic mass is 32.1. The Bertz CT molecular complexity index is 464. The normalized spacial score (nSPS) is 12.4. The third-order valence-electron chi connectivity index (χ3n) is 2.38. The first-order valence-corrected chi connectivity index (χ1v) is 5.90. The maximum absolute atomic E-state index is 6.13. The Morgan fingerprint density at radius 1 is 1.31 bits per heavy atom. The highest BCUT2D eigenvalue weighted by Gasteiger charge is 2.12. The zero-order chi connectivity index (χ0) is 11.5. The Balaban J connectivity index is 2.23. The fourth-order valence-corrected chi connectivity index (χ4v) is 2.29. The van der Waals surface area contributed by atoms with E-state index < -0.39 is 0 Å². The number of nitrogens with two attached hydrogens (primary N) is 1. The molecule has 0 aliphatic rings. The van der Waals surface area contributed by atoms with Crippen molar-refractivity contribution >= 4 is 11.3 Å². The number of benzene rings is 1. The molecule has 3 nitrogen and oxygen atoms in total. The third-order valence-corrected chi connectivity index (χ3v) is 3.42. The van der Waals surface area contributed by atoms with Crippen LogP contribution in [0.3, 0.4) is 0 Å². The molecule has 2 N–H and O–H groups in total. The molecular formula is C12H14N2OS. The fourth-order valence-electron chi connectivity index (χ4n) is 1.47. The predicted octanol–water partition coefficient (Wildman–Crippen LogP) is 2.51. The molecule has 0 aliphatic carbocycles. The highest BCUT2D eigenvalue weighted by Crippen LogP contribution is 2.24. The molecule has 2 aromatic rings. The Morgan fingerprint density at radius 3 is 2.50 bits per heavy atom. The van der Waals surface area contributed by atoms with Gasteiger partial charge in [-0.3, -0.25) is 0 Å². The molecule has 84 valence electrons. The molecule has 1 heterocycles. The fraction of sp³-hybridized carbons (Fsp3) is 0.250. The van der Waals surface area contributed by atoms with E-state index in [2.05, 4.69) is 4.98 Å². The van der Waals surface area contributed by atoms with E-state index in [1.165, 1.54) is 0 Å². The summed E-state index contributed by atoms with van der Waals surface area (Å²) in [5.74, 6) is 0.839. The van der Waals surface area contributed by atoms with Gasteiger partial charge in [-0.05, 0) is 24.6 Å². The van der Waals surface area contributed by atoms with Crippen molar-refractivity contribution in [2.24, 2.45) is 5.73 Å². The SMILES string of the molecule is COc1ccc([C@H](N)c2nc(C)cs2)cc1. The van der Waals surface area contributed by atoms with Crippen LogP contribution in [0.2, 0.25) is 0 Å². The number of nitrogens with zero attached hydrogens (tertiary/aromatic N) is 1. The van der Waals surface area contributed by atoms with E-state index >= 15 is 0 Å². The molecule has 0 bridgehead atoms. The summed E-state index contributed by atoms with van der Waals surface area (Å²) in [6, 6.07) is 7.62. The van der Waals surface area contributed by atoms with Crippen LogP contribution < -0.4 is 10.5 Å². The molecule has 0 amide bonds. The molecule has 0 saturated carbocycles. The molecule has 0 saturated heterocycles. The summed E-state index contributed by atoms with van der Waals surface area (Å²) < 4.78 is 5.10. The summed E-state index contributed by atoms with van der Waals surface area (Å²) in [6.07, 6.45) is 0. The van der Waals surface area contributed by atoms with Crippen LogP contribution in [0.5, 0.6) is 5.75 Å². The van der Waals surface area contributed by atoms with Gasteiger partial charge in [0, 0.05) is 11.1 Å². The predicted molar refractivity (Wildman–Crippen MR) is 65.9 cm³/mol. The average Bonchev–Trinajstić information content (AvgIpc) is 2.75. The van der Waals surface area contributed by atoms with E-state index in [9.17, 15) is 0 Å². The van der Waals surface area contributed by atoms with Gasteiger partial charge in [0.15, 0.2) is 0 Å². The van der Waals surface area contributed by atoms with Crippen molar-refractivity contribution in [3.05, 3.63) is 45.9 Å². The molecule has 16 heavy (non-hydrogen) atoms. The largest absolute Gasteiger partial charge is 0.497 e. The minimum atomic E-state index is -0.149. The minimum absolute atomic E-state index is 0.149. The van der Waals surface area contributed by atoms with Gasteiger partial charge >= 0.3 is 0 Å². The molecule has 4 heteroatoms. The van der Waals surface area contributed by atoms with Crippen molar-refractivity contribution in [1.29, 1.82) is 0 Å². The molecule has 1 atom stereocenters. The average molecular weight is 234 g/mol. The summed E-state index contributed by atoms with van der Waals surface area (Å²) in [5, 5.41) is 2.96. The second-order valence-electron chi connectivity index (χ2n) is 3.58. The number of thiazole rings is 1. The maximum Gasteiger partial charge on any atom is 0.118 e. The summed E-state index contributed by atoms with van der Waals surface area (Å²) in [4.78, 5) is 4.39. The van der Waals surface area contributed by atoms with Crippen LogP contribution in [0.15, 0.2) is 29.6 Å². The summed E-state index contributed by atoms with van der Waals surface area (Å²) in [5.41, 5.74) is 8.20. The lowest BCUT2D eigenvalue weighted by Gasteiger charge is -2.09. The third kappa shape index (κ3) is 2.23. The first kappa shape index (κ1) is 11.1. The van der Waals surface area contributed by atoms with Crippen LogP contribution in [-0.4, -0.2) is 12.1 Å². The second-order valence-corrected chi connectivity index (χ2v) is 4.47. The minimum Gasteiger partial charge on any atom is -0.497 e. The first-order chi connectivity index (χ1) is 7.70. The van der Waals surface area contributed by atoms with Gasteiger partial charge < -0.3 is 10.5 Å². The lowest BCUT2D eigenvalue weighted by molar-refractivity contribution is 0.414. The molecular weight excluding hydrogens is 220 g/mol. The molecule has 0 radical (unpaired) electrons. The van der Waals surface area contributed by atoms with Gasteiger partial charge in [-0.25, -0.2) is 4.98 Å². The van der Waals surface area contributed by atoms with Crippen LogP contribution in [0.25, 0.3) is 0 Å². The van der Waals surface area contributed by atoms with Gasteiger partial charge in [0.2, 0.25) is 0 Å². The van der Waals surface area contributed by atoms with Crippen LogP contribution in [-0.2, 0) is 0 Å². The van der Waals surface area contributed by atoms with Gasteiger partial charge in [0.05, 0.1) is 13.2 Å². The van der Waals surface area contributed by atoms with Crippen molar-refractivity contribution in [3.8, 4) is 5.75 Å². The number of rotatable bonds is 3. The van der Waals surface area contributed by atoms with Crippen molar-refractivity contribution in [2.75, 3.05) is 7.11 Å². The maximum atomic E-state index is 6.13. The van der Waals surface area contributed by atoms with Crippen LogP contribution in [0.4, 0.5) is 0 Å². The number of aryl methyl sites for hydroxylation is 1. The van der Waals surface area contributed by atoms with Gasteiger partial charge in [0.1, 0.15) is 10.8 Å². The van der Waals surface area contributed by atoms with Gasteiger partial charge in [0.25, 0.3) is 0 Å². The quantitative estimate of drug-likeness (QED) is 0.887. The number of methoxy groups -OCH3 is 1. The van der Waals surface area contributed by atoms with Crippen molar-refractivity contribution in [1.82, 2.24) is 4.98 Å². The zero-order valence-corrected chi connectivity index (χ0v) is 10.1. The zero-order valence-electron chi connectivity index (χ0n) is 9.31. The van der Waals surface area contributed by atoms with Gasteiger partial charge in [-0.2, -0.15) is 0 Å². The van der Waals surface area contributed by atoms with Crippen molar-refractivity contribution in [3.63, 3.8) is 0 Å². The highest BCUT2D eigenvalue weighted by molar-refractivity contribution is 7.09. The number of aromatic nitrogens is 1. The van der Waals surface area contributed by atoms with Gasteiger partial charge in [-0.1, -0.05) is 12.1 Å². The number of ether oxygens (including phenoxy) is 1. The lowest BCUT2D eigenvalue weighted by Crippen LogP contribution is -2.11. The topological polar surface area (TPSA) is 48.1 Å². The van der Waals surface area contributed by atoms with Crippen LogP contribution >= 0.6 is 11.3 Å². The second kappa shape index (κ2) is 4.63. The lowest BCUT2D eigenvalue weighted by atomic mass is 10.1. The Labute approximate surface area is 98.9 Å². The van der Waals surface area contributed by atoms with E-state index in [-0.39, 0.29) is 6.04 Å². The Kier molecular flexibility index (Phi) is 3.22. The van der Waals surface area contributed by atoms with E-state index in [1.807, 2.05) is 36.6 Å². The smallest absolute Gasteiger partial charge is 0.118 e. The van der Waals surface area contributed by atoms with E-state index in [0.717, 1.165) is 22.0 Å². The molecule has 1 aromatic carbocycles. The van der Waals surface area contributed by atoms with Crippen molar-refractivity contribution in [2.45, 2.75) is 13.0 Å². The van der Waals surface area contributed by atoms with E-state index in [1.54, 1.807) is 18.4 Å². The Morgan fingerprint density at radius 2 is 2.00 bits per heavy atom. The summed E-state index contributed by atoms with van der Waals surface area (Å²) in [7, 11) is 1.65. The summed E-state index contributed by atoms with van der Waals surface area (Å²) in [6.45, 7) is 1.97. The van der Waals surface area contributed by atoms with Crippen molar-refractivity contribution < 1.29 is 4.74 Å². The van der Waals surface area contributed by atoms with E-state index in [4.69, 9.17) is 10.5 Å². The molecule has 2 rings (SSSR count). The molecule has 0 unspecified atom stereocenters. The van der Waals surface area contributed by atoms with Crippen LogP contribution in [0.1, 0.15) is 22.3 Å². The molecule has 1 aromatic heterocycles. The monoisotopic (exact) mass is 234 g/mol. The van der Waals surface area contributed by atoms with E-state index in [0.29, 0.717) is 0 Å². The van der Waals surface area contributed by atoms with Crippen LogP contribution in [0, 0.1) is 6.92 Å². The Hall–Kier alpha value is -1.39. The number of hydrogen-bond donors (Lipinski definition) is 1. The molecule has 0 fully saturated rings.